The maximum atomic E-state index is 13.2. The molecule has 7 nitrogen and oxygen atoms in total. The minimum atomic E-state index is -3.64. The van der Waals surface area contributed by atoms with E-state index in [2.05, 4.69) is 5.32 Å². The van der Waals surface area contributed by atoms with Gasteiger partial charge in [-0.25, -0.2) is 8.42 Å². The van der Waals surface area contributed by atoms with Gasteiger partial charge in [0.2, 0.25) is 15.8 Å². The van der Waals surface area contributed by atoms with Crippen LogP contribution in [0.4, 0.5) is 5.69 Å². The van der Waals surface area contributed by atoms with Crippen molar-refractivity contribution in [3.8, 4) is 0 Å². The molecule has 2 heterocycles. The molecular formula is C27H23ClN2O5S. The highest BCUT2D eigenvalue weighted by Gasteiger charge is 2.28. The van der Waals surface area contributed by atoms with Gasteiger partial charge in [0, 0.05) is 34.6 Å². The standard InChI is InChI=1S/C27H23ClN2O5S/c28-20-12-10-18(11-13-20)26(32)27-25(22-8-1-2-9-24(22)35-27)29-17-23(31)19-6-5-7-21(16-19)36(33,34)30-14-3-4-15-30/h1-2,5-13,16,29H,3-4,14-15,17H2. The lowest BCUT2D eigenvalue weighted by Gasteiger charge is -2.16. The molecule has 1 aromatic heterocycles. The molecule has 184 valence electrons. The Bertz CT molecular complexity index is 1550. The fraction of sp³-hybridized carbons (Fsp3) is 0.185. The molecule has 0 radical (unpaired) electrons. The van der Waals surface area contributed by atoms with Crippen LogP contribution in [-0.4, -0.2) is 43.9 Å². The average molecular weight is 523 g/mol. The van der Waals surface area contributed by atoms with Crippen LogP contribution < -0.4 is 5.32 Å². The Balaban J connectivity index is 1.41. The minimum Gasteiger partial charge on any atom is -0.450 e. The Kier molecular flexibility index (Phi) is 6.66. The van der Waals surface area contributed by atoms with Gasteiger partial charge >= 0.3 is 0 Å². The summed E-state index contributed by atoms with van der Waals surface area (Å²) in [6, 6.07) is 19.7. The first kappa shape index (κ1) is 24.2. The second-order valence-electron chi connectivity index (χ2n) is 8.55. The zero-order valence-corrected chi connectivity index (χ0v) is 20.8. The molecule has 3 aromatic carbocycles. The normalized spacial score (nSPS) is 14.2. The molecule has 5 rings (SSSR count). The van der Waals surface area contributed by atoms with Crippen LogP contribution in [0.15, 0.2) is 82.1 Å². The predicted octanol–water partition coefficient (Wildman–Crippen LogP) is 5.40. The zero-order valence-electron chi connectivity index (χ0n) is 19.2. The Labute approximate surface area is 213 Å². The number of fused-ring (bicyclic) bond motifs is 1. The molecule has 36 heavy (non-hydrogen) atoms. The van der Waals surface area contributed by atoms with Crippen LogP contribution in [0.25, 0.3) is 11.0 Å². The number of sulfonamides is 1. The minimum absolute atomic E-state index is 0.0803. The average Bonchev–Trinajstić information content (AvgIpc) is 3.56. The van der Waals surface area contributed by atoms with Crippen LogP contribution in [0.5, 0.6) is 0 Å². The topological polar surface area (TPSA) is 96.7 Å². The largest absolute Gasteiger partial charge is 0.450 e. The number of nitrogens with zero attached hydrogens (tertiary/aromatic N) is 1. The quantitative estimate of drug-likeness (QED) is 0.311. The van der Waals surface area contributed by atoms with Crippen LogP contribution in [0.3, 0.4) is 0 Å². The van der Waals surface area contributed by atoms with E-state index in [0.717, 1.165) is 12.8 Å². The Morgan fingerprint density at radius 3 is 2.39 bits per heavy atom. The second kappa shape index (κ2) is 9.89. The van der Waals surface area contributed by atoms with Crippen LogP contribution in [0.2, 0.25) is 5.02 Å². The van der Waals surface area contributed by atoms with E-state index in [0.29, 0.717) is 40.3 Å². The highest BCUT2D eigenvalue weighted by molar-refractivity contribution is 7.89. The van der Waals surface area contributed by atoms with Gasteiger partial charge in [-0.3, -0.25) is 9.59 Å². The Morgan fingerprint density at radius 2 is 1.64 bits per heavy atom. The number of benzene rings is 3. The Hall–Kier alpha value is -3.46. The molecule has 0 atom stereocenters. The van der Waals surface area contributed by atoms with Crippen molar-refractivity contribution in [3.05, 3.63) is 94.7 Å². The third kappa shape index (κ3) is 4.67. The van der Waals surface area contributed by atoms with E-state index in [1.54, 1.807) is 54.6 Å². The van der Waals surface area contributed by atoms with Crippen molar-refractivity contribution in [2.24, 2.45) is 0 Å². The van der Waals surface area contributed by atoms with E-state index in [1.165, 1.54) is 16.4 Å². The summed E-state index contributed by atoms with van der Waals surface area (Å²) < 4.78 is 33.1. The molecule has 0 saturated carbocycles. The number of hydrogen-bond donors (Lipinski definition) is 1. The number of anilines is 1. The third-order valence-electron chi connectivity index (χ3n) is 6.19. The molecule has 1 fully saturated rings. The molecule has 0 amide bonds. The zero-order chi connectivity index (χ0) is 25.3. The SMILES string of the molecule is O=C(CNc1c(C(=O)c2ccc(Cl)cc2)oc2ccccc12)c1cccc(S(=O)(=O)N2CCCC2)c1. The molecule has 1 N–H and O–H groups in total. The lowest BCUT2D eigenvalue weighted by molar-refractivity contribution is 0.0997. The molecular weight excluding hydrogens is 500 g/mol. The number of hydrogen-bond acceptors (Lipinski definition) is 6. The first-order chi connectivity index (χ1) is 17.3. The first-order valence-electron chi connectivity index (χ1n) is 11.5. The number of carbonyl (C=O) groups is 2. The number of halogens is 1. The van der Waals surface area contributed by atoms with Gasteiger partial charge < -0.3 is 9.73 Å². The van der Waals surface area contributed by atoms with Gasteiger partial charge in [-0.2, -0.15) is 4.31 Å². The summed E-state index contributed by atoms with van der Waals surface area (Å²) in [7, 11) is -3.64. The van der Waals surface area contributed by atoms with E-state index >= 15 is 0 Å². The van der Waals surface area contributed by atoms with Crippen molar-refractivity contribution < 1.29 is 22.4 Å². The van der Waals surface area contributed by atoms with Crippen molar-refractivity contribution in [2.75, 3.05) is 25.0 Å². The smallest absolute Gasteiger partial charge is 0.243 e. The van der Waals surface area contributed by atoms with Gasteiger partial charge in [0.05, 0.1) is 17.1 Å². The van der Waals surface area contributed by atoms with Gasteiger partial charge in [0.25, 0.3) is 0 Å². The molecule has 0 aliphatic carbocycles. The number of carbonyl (C=O) groups excluding carboxylic acids is 2. The van der Waals surface area contributed by atoms with E-state index in [-0.39, 0.29) is 34.3 Å². The summed E-state index contributed by atoms with van der Waals surface area (Å²) in [5, 5.41) is 4.23. The van der Waals surface area contributed by atoms with Crippen molar-refractivity contribution >= 4 is 49.8 Å². The van der Waals surface area contributed by atoms with Crippen molar-refractivity contribution in [2.45, 2.75) is 17.7 Å². The molecule has 1 aliphatic heterocycles. The number of nitrogens with one attached hydrogen (secondary N) is 1. The number of para-hydroxylation sites is 1. The van der Waals surface area contributed by atoms with Crippen molar-refractivity contribution in [3.63, 3.8) is 0 Å². The fourth-order valence-corrected chi connectivity index (χ4v) is 5.98. The second-order valence-corrected chi connectivity index (χ2v) is 10.9. The van der Waals surface area contributed by atoms with Gasteiger partial charge in [-0.15, -0.1) is 0 Å². The molecule has 0 spiro atoms. The highest BCUT2D eigenvalue weighted by atomic mass is 35.5. The van der Waals surface area contributed by atoms with Crippen LogP contribution in [0, 0.1) is 0 Å². The number of furan rings is 1. The van der Waals surface area contributed by atoms with Crippen LogP contribution >= 0.6 is 11.6 Å². The lowest BCUT2D eigenvalue weighted by Crippen LogP contribution is -2.28. The van der Waals surface area contributed by atoms with Crippen LogP contribution in [-0.2, 0) is 10.0 Å². The predicted molar refractivity (Wildman–Crippen MR) is 138 cm³/mol. The van der Waals surface area contributed by atoms with Gasteiger partial charge in [0.1, 0.15) is 5.58 Å². The first-order valence-corrected chi connectivity index (χ1v) is 13.4. The lowest BCUT2D eigenvalue weighted by atomic mass is 10.1. The van der Waals surface area contributed by atoms with Gasteiger partial charge in [-0.05, 0) is 61.4 Å². The van der Waals surface area contributed by atoms with Crippen molar-refractivity contribution in [1.82, 2.24) is 4.31 Å². The molecule has 0 bridgehead atoms. The van der Waals surface area contributed by atoms with E-state index in [9.17, 15) is 18.0 Å². The summed E-state index contributed by atoms with van der Waals surface area (Å²) in [4.78, 5) is 26.4. The molecule has 1 saturated heterocycles. The van der Waals surface area contributed by atoms with Gasteiger partial charge in [-0.1, -0.05) is 35.9 Å². The summed E-state index contributed by atoms with van der Waals surface area (Å²) >= 11 is 5.95. The number of ketones is 2. The van der Waals surface area contributed by atoms with Crippen LogP contribution in [0.1, 0.15) is 39.3 Å². The summed E-state index contributed by atoms with van der Waals surface area (Å²) in [5.74, 6) is -0.586. The summed E-state index contributed by atoms with van der Waals surface area (Å²) in [5.41, 5.74) is 1.57. The molecule has 0 unspecified atom stereocenters. The highest BCUT2D eigenvalue weighted by Crippen LogP contribution is 2.33. The van der Waals surface area contributed by atoms with E-state index < -0.39 is 10.0 Å². The van der Waals surface area contributed by atoms with E-state index in [4.69, 9.17) is 16.0 Å². The van der Waals surface area contributed by atoms with Gasteiger partial charge in [0.15, 0.2) is 11.5 Å². The number of Topliss-reactive ketones (excluding diaryl/α,β-unsaturated/α-hetero) is 1. The third-order valence-corrected chi connectivity index (χ3v) is 8.34. The Morgan fingerprint density at radius 1 is 0.917 bits per heavy atom. The maximum absolute atomic E-state index is 13.2. The fourth-order valence-electron chi connectivity index (χ4n) is 4.29. The molecule has 4 aromatic rings. The maximum Gasteiger partial charge on any atom is 0.243 e. The molecule has 9 heteroatoms. The molecule has 1 aliphatic rings. The van der Waals surface area contributed by atoms with Crippen molar-refractivity contribution in [1.29, 1.82) is 0 Å². The summed E-state index contributed by atoms with van der Waals surface area (Å²) in [6.45, 7) is 0.817. The monoisotopic (exact) mass is 522 g/mol. The number of rotatable bonds is 8. The van der Waals surface area contributed by atoms with E-state index in [1.807, 2.05) is 6.07 Å². The summed E-state index contributed by atoms with van der Waals surface area (Å²) in [6.07, 6.45) is 1.66.